The van der Waals surface area contributed by atoms with E-state index in [2.05, 4.69) is 53.3 Å². The first-order chi connectivity index (χ1) is 10.3. The Morgan fingerprint density at radius 1 is 1.24 bits per heavy atom. The van der Waals surface area contributed by atoms with E-state index in [1.165, 1.54) is 30.3 Å². The van der Waals surface area contributed by atoms with Crippen LogP contribution in [0.25, 0.3) is 10.9 Å². The molecule has 1 N–H and O–H groups in total. The molecule has 112 valence electrons. The van der Waals surface area contributed by atoms with Gasteiger partial charge in [-0.25, -0.2) is 0 Å². The number of nitrogens with one attached hydrogen (secondary N) is 1. The quantitative estimate of drug-likeness (QED) is 0.929. The van der Waals surface area contributed by atoms with Crippen LogP contribution in [0.5, 0.6) is 0 Å². The van der Waals surface area contributed by atoms with E-state index in [9.17, 15) is 0 Å². The maximum atomic E-state index is 4.50. The summed E-state index contributed by atoms with van der Waals surface area (Å²) in [6, 6.07) is 11.9. The summed E-state index contributed by atoms with van der Waals surface area (Å²) in [5.74, 6) is 0. The van der Waals surface area contributed by atoms with Crippen molar-refractivity contribution in [3.8, 4) is 0 Å². The van der Waals surface area contributed by atoms with E-state index >= 15 is 0 Å². The molecule has 1 fully saturated rings. The average molecular weight is 283 g/mol. The van der Waals surface area contributed by atoms with Gasteiger partial charge >= 0.3 is 0 Å². The highest BCUT2D eigenvalue weighted by Crippen LogP contribution is 2.29. The van der Waals surface area contributed by atoms with Crippen LogP contribution >= 0.6 is 0 Å². The van der Waals surface area contributed by atoms with Crippen molar-refractivity contribution in [3.63, 3.8) is 0 Å². The number of nitrogens with zero attached hydrogens (tertiary/aromatic N) is 2. The Balaban J connectivity index is 1.97. The number of benzene rings is 1. The molecule has 0 spiro atoms. The van der Waals surface area contributed by atoms with Crippen LogP contribution in [0.1, 0.15) is 33.1 Å². The van der Waals surface area contributed by atoms with Crippen molar-refractivity contribution in [2.75, 3.05) is 18.0 Å². The van der Waals surface area contributed by atoms with Crippen LogP contribution in [-0.4, -0.2) is 30.2 Å². The van der Waals surface area contributed by atoms with Crippen LogP contribution in [0, 0.1) is 0 Å². The van der Waals surface area contributed by atoms with Crippen molar-refractivity contribution >= 4 is 16.6 Å². The highest BCUT2D eigenvalue weighted by molar-refractivity contribution is 5.91. The standard InChI is InChI=1S/C18H25N3/c1-3-7-14-13-21(15(4-2)12-20-14)18-10-5-9-17-16(18)8-6-11-19-17/h5-6,8-11,14-15,20H,3-4,7,12-13H2,1-2H3. The molecule has 1 saturated heterocycles. The molecule has 0 aliphatic carbocycles. The fraction of sp³-hybridized carbons (Fsp3) is 0.500. The van der Waals surface area contributed by atoms with Crippen molar-refractivity contribution in [3.05, 3.63) is 36.5 Å². The van der Waals surface area contributed by atoms with Crippen molar-refractivity contribution in [1.29, 1.82) is 0 Å². The number of hydrogen-bond donors (Lipinski definition) is 1. The summed E-state index contributed by atoms with van der Waals surface area (Å²) in [5.41, 5.74) is 2.44. The second-order valence-corrected chi connectivity index (χ2v) is 5.96. The van der Waals surface area contributed by atoms with Crippen molar-refractivity contribution < 1.29 is 0 Å². The molecular weight excluding hydrogens is 258 g/mol. The smallest absolute Gasteiger partial charge is 0.0722 e. The summed E-state index contributed by atoms with van der Waals surface area (Å²) in [6.45, 7) is 6.72. The summed E-state index contributed by atoms with van der Waals surface area (Å²) in [7, 11) is 0. The molecule has 1 aliphatic rings. The molecule has 2 atom stereocenters. The van der Waals surface area contributed by atoms with Crippen molar-refractivity contribution in [1.82, 2.24) is 10.3 Å². The van der Waals surface area contributed by atoms with Crippen LogP contribution in [0.15, 0.2) is 36.5 Å². The summed E-state index contributed by atoms with van der Waals surface area (Å²) in [5, 5.41) is 4.99. The molecule has 0 bridgehead atoms. The van der Waals surface area contributed by atoms with Crippen LogP contribution in [-0.2, 0) is 0 Å². The molecule has 2 aromatic rings. The molecule has 2 heterocycles. The lowest BCUT2D eigenvalue weighted by Gasteiger charge is -2.42. The normalized spacial score (nSPS) is 22.7. The lowest BCUT2D eigenvalue weighted by molar-refractivity contribution is 0.370. The van der Waals surface area contributed by atoms with Gasteiger partial charge in [0.05, 0.1) is 5.52 Å². The second-order valence-electron chi connectivity index (χ2n) is 5.96. The highest BCUT2D eigenvalue weighted by atomic mass is 15.2. The van der Waals surface area contributed by atoms with Gasteiger partial charge in [-0.3, -0.25) is 4.98 Å². The SMILES string of the molecule is CCCC1CN(c2cccc3ncccc23)C(CC)CN1. The van der Waals surface area contributed by atoms with E-state index in [-0.39, 0.29) is 0 Å². The van der Waals surface area contributed by atoms with E-state index in [0.29, 0.717) is 12.1 Å². The van der Waals surface area contributed by atoms with Crippen LogP contribution in [0.3, 0.4) is 0 Å². The number of hydrogen-bond acceptors (Lipinski definition) is 3. The first kappa shape index (κ1) is 14.3. The van der Waals surface area contributed by atoms with E-state index in [4.69, 9.17) is 0 Å². The maximum absolute atomic E-state index is 4.50. The fourth-order valence-corrected chi connectivity index (χ4v) is 3.40. The molecule has 3 nitrogen and oxygen atoms in total. The van der Waals surface area contributed by atoms with Crippen LogP contribution < -0.4 is 10.2 Å². The number of anilines is 1. The highest BCUT2D eigenvalue weighted by Gasteiger charge is 2.27. The molecule has 0 saturated carbocycles. The Hall–Kier alpha value is -1.61. The number of fused-ring (bicyclic) bond motifs is 1. The van der Waals surface area contributed by atoms with Crippen LogP contribution in [0.2, 0.25) is 0 Å². The van der Waals surface area contributed by atoms with Gasteiger partial charge in [-0.15, -0.1) is 0 Å². The minimum atomic E-state index is 0.573. The van der Waals surface area contributed by atoms with Gasteiger partial charge in [0.1, 0.15) is 0 Å². The third-order valence-corrected chi connectivity index (χ3v) is 4.54. The van der Waals surface area contributed by atoms with E-state index in [0.717, 1.165) is 18.6 Å². The third kappa shape index (κ3) is 2.88. The Morgan fingerprint density at radius 2 is 2.14 bits per heavy atom. The predicted molar refractivity (Wildman–Crippen MR) is 89.9 cm³/mol. The first-order valence-corrected chi connectivity index (χ1v) is 8.17. The number of piperazine rings is 1. The van der Waals surface area contributed by atoms with Gasteiger partial charge in [0.2, 0.25) is 0 Å². The summed E-state index contributed by atoms with van der Waals surface area (Å²) in [6.07, 6.45) is 5.53. The van der Waals surface area contributed by atoms with E-state index < -0.39 is 0 Å². The molecular formula is C18H25N3. The zero-order valence-corrected chi connectivity index (χ0v) is 13.0. The molecule has 3 heteroatoms. The van der Waals surface area contributed by atoms with E-state index in [1.807, 2.05) is 12.3 Å². The molecule has 1 aromatic carbocycles. The van der Waals surface area contributed by atoms with Crippen molar-refractivity contribution in [2.24, 2.45) is 0 Å². The topological polar surface area (TPSA) is 28.2 Å². The second kappa shape index (κ2) is 6.44. The molecule has 3 rings (SSSR count). The number of pyridine rings is 1. The number of rotatable bonds is 4. The molecule has 1 aliphatic heterocycles. The average Bonchev–Trinajstić information content (AvgIpc) is 2.54. The monoisotopic (exact) mass is 283 g/mol. The largest absolute Gasteiger partial charge is 0.365 e. The van der Waals surface area contributed by atoms with Crippen LogP contribution in [0.4, 0.5) is 5.69 Å². The summed E-state index contributed by atoms with van der Waals surface area (Å²) < 4.78 is 0. The van der Waals surface area contributed by atoms with Crippen molar-refractivity contribution in [2.45, 2.75) is 45.2 Å². The number of aromatic nitrogens is 1. The van der Waals surface area contributed by atoms with Gasteiger partial charge in [-0.2, -0.15) is 0 Å². The minimum absolute atomic E-state index is 0.573. The van der Waals surface area contributed by atoms with Gasteiger partial charge in [0.25, 0.3) is 0 Å². The molecule has 2 unspecified atom stereocenters. The van der Waals surface area contributed by atoms with Gasteiger partial charge in [-0.1, -0.05) is 26.3 Å². The van der Waals surface area contributed by atoms with Gasteiger partial charge in [-0.05, 0) is 37.1 Å². The van der Waals surface area contributed by atoms with E-state index in [1.54, 1.807) is 0 Å². The Bertz CT molecular complexity index is 591. The molecule has 0 radical (unpaired) electrons. The Kier molecular flexibility index (Phi) is 4.39. The molecule has 1 aromatic heterocycles. The Morgan fingerprint density at radius 3 is 2.95 bits per heavy atom. The van der Waals surface area contributed by atoms with Gasteiger partial charge < -0.3 is 10.2 Å². The fourth-order valence-electron chi connectivity index (χ4n) is 3.40. The zero-order chi connectivity index (χ0) is 14.7. The minimum Gasteiger partial charge on any atom is -0.365 e. The zero-order valence-electron chi connectivity index (χ0n) is 13.0. The summed E-state index contributed by atoms with van der Waals surface area (Å²) in [4.78, 5) is 7.10. The lowest BCUT2D eigenvalue weighted by Crippen LogP contribution is -2.56. The van der Waals surface area contributed by atoms with Gasteiger partial charge in [0.15, 0.2) is 0 Å². The maximum Gasteiger partial charge on any atom is 0.0722 e. The summed E-state index contributed by atoms with van der Waals surface area (Å²) >= 11 is 0. The molecule has 0 amide bonds. The Labute approximate surface area is 127 Å². The van der Waals surface area contributed by atoms with Gasteiger partial charge in [0, 0.05) is 42.4 Å². The lowest BCUT2D eigenvalue weighted by atomic mass is 10.0. The first-order valence-electron chi connectivity index (χ1n) is 8.17. The molecule has 21 heavy (non-hydrogen) atoms. The third-order valence-electron chi connectivity index (χ3n) is 4.54. The predicted octanol–water partition coefficient (Wildman–Crippen LogP) is 3.59.